The van der Waals surface area contributed by atoms with E-state index in [2.05, 4.69) is 0 Å². The molecule has 1 aromatic carbocycles. The Kier molecular flexibility index (Phi) is 9.87. The number of ketones is 1. The van der Waals surface area contributed by atoms with Crippen LogP contribution in [0.3, 0.4) is 0 Å². The Labute approximate surface area is 263 Å². The highest BCUT2D eigenvalue weighted by Crippen LogP contribution is 2.53. The minimum Gasteiger partial charge on any atom is -0.461 e. The number of rotatable bonds is 6. The standard InChI is InChI=1S/C35H42O10/c1-19-26(42-20(2)36)16-25-28(43-21(3)37)15-24-18-35(7,33(41)32(40)31(19)34(25,5)6)29(44-22(4)38)17-27(24)45-30(39)14-13-23-11-9-8-10-12-23/h8-15,25-29,32,40H,16-18H2,1-7H3/t25-,26-,27-,28-,29-,32+,35-/m0/s1. The summed E-state index contributed by atoms with van der Waals surface area (Å²) in [6.07, 6.45) is -0.553. The van der Waals surface area contributed by atoms with Crippen LogP contribution in [0.15, 0.2) is 59.2 Å². The van der Waals surface area contributed by atoms with Gasteiger partial charge in [-0.2, -0.15) is 0 Å². The van der Waals surface area contributed by atoms with Crippen LogP contribution in [-0.2, 0) is 42.9 Å². The molecule has 0 spiro atoms. The van der Waals surface area contributed by atoms with E-state index in [0.717, 1.165) is 5.56 Å². The number of Topliss-reactive ketones (excluding diaryl/α,β-unsaturated/α-hetero) is 1. The van der Waals surface area contributed by atoms with Crippen LogP contribution in [0.1, 0.15) is 73.3 Å². The largest absolute Gasteiger partial charge is 0.461 e. The molecule has 3 aliphatic carbocycles. The third kappa shape index (κ3) is 7.11. The fourth-order valence-electron chi connectivity index (χ4n) is 7.19. The maximum Gasteiger partial charge on any atom is 0.331 e. The van der Waals surface area contributed by atoms with Gasteiger partial charge in [0.25, 0.3) is 0 Å². The first kappa shape index (κ1) is 33.8. The number of esters is 4. The highest BCUT2D eigenvalue weighted by atomic mass is 16.6. The minimum atomic E-state index is -1.64. The fraction of sp³-hybridized carbons (Fsp3) is 0.514. The number of carbonyl (C=O) groups is 5. The summed E-state index contributed by atoms with van der Waals surface area (Å²) in [7, 11) is 0. The zero-order valence-corrected chi connectivity index (χ0v) is 26.8. The van der Waals surface area contributed by atoms with E-state index in [0.29, 0.717) is 16.7 Å². The molecule has 0 unspecified atom stereocenters. The van der Waals surface area contributed by atoms with E-state index in [-0.39, 0.29) is 19.3 Å². The molecule has 4 rings (SSSR count). The summed E-state index contributed by atoms with van der Waals surface area (Å²) in [5, 5.41) is 11.8. The molecular formula is C35H42O10. The van der Waals surface area contributed by atoms with Crippen molar-refractivity contribution in [2.45, 2.75) is 98.2 Å². The Bertz CT molecular complexity index is 1450. The van der Waals surface area contributed by atoms with Crippen molar-refractivity contribution < 1.29 is 48.0 Å². The van der Waals surface area contributed by atoms with Crippen molar-refractivity contribution in [1.82, 2.24) is 0 Å². The summed E-state index contributed by atoms with van der Waals surface area (Å²) in [4.78, 5) is 64.3. The van der Waals surface area contributed by atoms with E-state index in [9.17, 15) is 29.1 Å². The van der Waals surface area contributed by atoms with E-state index in [1.807, 2.05) is 44.2 Å². The van der Waals surface area contributed by atoms with Crippen LogP contribution in [0, 0.1) is 16.7 Å². The van der Waals surface area contributed by atoms with Crippen molar-refractivity contribution >= 4 is 35.7 Å². The second kappa shape index (κ2) is 13.1. The average molecular weight is 623 g/mol. The number of fused-ring (bicyclic) bond motifs is 4. The van der Waals surface area contributed by atoms with Gasteiger partial charge in [0.1, 0.15) is 30.5 Å². The van der Waals surface area contributed by atoms with E-state index in [1.54, 1.807) is 26.0 Å². The average Bonchev–Trinajstić information content (AvgIpc) is 2.94. The molecule has 0 aromatic heterocycles. The fourth-order valence-corrected chi connectivity index (χ4v) is 7.19. The Morgan fingerprint density at radius 2 is 1.49 bits per heavy atom. The van der Waals surface area contributed by atoms with Crippen molar-refractivity contribution in [1.29, 1.82) is 0 Å². The molecule has 1 N–H and O–H groups in total. The predicted molar refractivity (Wildman–Crippen MR) is 163 cm³/mol. The Morgan fingerprint density at radius 3 is 2.09 bits per heavy atom. The number of hydrogen-bond donors (Lipinski definition) is 1. The molecule has 0 saturated heterocycles. The zero-order valence-electron chi connectivity index (χ0n) is 26.8. The third-order valence-corrected chi connectivity index (χ3v) is 9.37. The van der Waals surface area contributed by atoms with E-state index in [4.69, 9.17) is 18.9 Å². The monoisotopic (exact) mass is 622 g/mol. The molecule has 1 saturated carbocycles. The lowest BCUT2D eigenvalue weighted by molar-refractivity contribution is -0.169. The van der Waals surface area contributed by atoms with Gasteiger partial charge in [-0.3, -0.25) is 19.2 Å². The summed E-state index contributed by atoms with van der Waals surface area (Å²) < 4.78 is 23.1. The first-order valence-electron chi connectivity index (χ1n) is 15.1. The molecule has 7 atom stereocenters. The summed E-state index contributed by atoms with van der Waals surface area (Å²) in [6, 6.07) is 9.19. The van der Waals surface area contributed by atoms with Crippen molar-refractivity contribution in [2.24, 2.45) is 16.7 Å². The Morgan fingerprint density at radius 1 is 0.867 bits per heavy atom. The SMILES string of the molecule is CC(=O)O[C@H]1C[C@H]2[C@@H](OC(C)=O)C=C3C[C@](C)(C(=O)[C@H](O)C(=C1C)C2(C)C)[C@@H](OC(C)=O)C[C@@H]3OC(=O)C=Cc1ccccc1. The highest BCUT2D eigenvalue weighted by Gasteiger charge is 2.57. The van der Waals surface area contributed by atoms with Gasteiger partial charge >= 0.3 is 23.9 Å². The van der Waals surface area contributed by atoms with Crippen LogP contribution in [0.5, 0.6) is 0 Å². The van der Waals surface area contributed by atoms with Gasteiger partial charge in [-0.25, -0.2) is 4.79 Å². The van der Waals surface area contributed by atoms with Crippen molar-refractivity contribution in [3.05, 3.63) is 64.8 Å². The quantitative estimate of drug-likeness (QED) is 0.209. The summed E-state index contributed by atoms with van der Waals surface area (Å²) in [5.74, 6) is -3.51. The van der Waals surface area contributed by atoms with E-state index >= 15 is 0 Å². The van der Waals surface area contributed by atoms with Crippen molar-refractivity contribution in [3.8, 4) is 0 Å². The van der Waals surface area contributed by atoms with Crippen LogP contribution in [0.25, 0.3) is 6.08 Å². The number of ether oxygens (including phenoxy) is 4. The maximum absolute atomic E-state index is 14.4. The van der Waals surface area contributed by atoms with Gasteiger partial charge < -0.3 is 24.1 Å². The summed E-state index contributed by atoms with van der Waals surface area (Å²) in [5.41, 5.74) is -0.173. The van der Waals surface area contributed by atoms with Gasteiger partial charge in [-0.1, -0.05) is 44.2 Å². The number of aliphatic hydroxyl groups is 1. The van der Waals surface area contributed by atoms with Crippen LogP contribution >= 0.6 is 0 Å². The molecule has 10 nitrogen and oxygen atoms in total. The molecule has 3 aliphatic rings. The molecule has 1 aromatic rings. The Balaban J connectivity index is 1.88. The highest BCUT2D eigenvalue weighted by molar-refractivity contribution is 5.93. The van der Waals surface area contributed by atoms with Crippen molar-refractivity contribution in [2.75, 3.05) is 0 Å². The molecule has 0 aliphatic heterocycles. The van der Waals surface area contributed by atoms with Gasteiger partial charge in [0, 0.05) is 39.2 Å². The first-order chi connectivity index (χ1) is 21.0. The molecule has 1 fully saturated rings. The summed E-state index contributed by atoms with van der Waals surface area (Å²) in [6.45, 7) is 10.8. The van der Waals surface area contributed by atoms with Crippen LogP contribution in [0.2, 0.25) is 0 Å². The number of hydrogen-bond acceptors (Lipinski definition) is 10. The molecule has 4 bridgehead atoms. The molecule has 242 valence electrons. The molecule has 0 heterocycles. The Hall–Kier alpha value is -4.05. The van der Waals surface area contributed by atoms with Crippen LogP contribution in [0.4, 0.5) is 0 Å². The van der Waals surface area contributed by atoms with Gasteiger partial charge in [0.05, 0.1) is 5.41 Å². The smallest absolute Gasteiger partial charge is 0.331 e. The van der Waals surface area contributed by atoms with Gasteiger partial charge in [-0.15, -0.1) is 0 Å². The lowest BCUT2D eigenvalue weighted by Crippen LogP contribution is -2.56. The molecule has 0 amide bonds. The van der Waals surface area contributed by atoms with Gasteiger partial charge in [0.15, 0.2) is 5.78 Å². The summed E-state index contributed by atoms with van der Waals surface area (Å²) >= 11 is 0. The van der Waals surface area contributed by atoms with E-state index in [1.165, 1.54) is 26.8 Å². The van der Waals surface area contributed by atoms with Gasteiger partial charge in [0.2, 0.25) is 0 Å². The predicted octanol–water partition coefficient (Wildman–Crippen LogP) is 4.44. The topological polar surface area (TPSA) is 143 Å². The van der Waals surface area contributed by atoms with E-state index < -0.39 is 76.9 Å². The second-order valence-corrected chi connectivity index (χ2v) is 12.9. The lowest BCUT2D eigenvalue weighted by Gasteiger charge is -2.51. The molecular weight excluding hydrogens is 580 g/mol. The van der Waals surface area contributed by atoms with Gasteiger partial charge in [-0.05, 0) is 66.5 Å². The van der Waals surface area contributed by atoms with Crippen molar-refractivity contribution in [3.63, 3.8) is 0 Å². The lowest BCUT2D eigenvalue weighted by atomic mass is 9.57. The minimum absolute atomic E-state index is 0.0359. The number of carbonyl (C=O) groups excluding carboxylic acids is 5. The third-order valence-electron chi connectivity index (χ3n) is 9.37. The van der Waals surface area contributed by atoms with Crippen LogP contribution in [-0.4, -0.2) is 65.3 Å². The van der Waals surface area contributed by atoms with Crippen LogP contribution < -0.4 is 0 Å². The molecule has 45 heavy (non-hydrogen) atoms. The number of benzene rings is 1. The second-order valence-electron chi connectivity index (χ2n) is 12.9. The molecule has 0 radical (unpaired) electrons. The zero-order chi connectivity index (χ0) is 33.3. The first-order valence-corrected chi connectivity index (χ1v) is 15.1. The maximum atomic E-state index is 14.4. The number of aliphatic hydroxyl groups excluding tert-OH is 1. The molecule has 10 heteroatoms. The normalized spacial score (nSPS) is 31.0.